The molecule has 0 bridgehead atoms. The van der Waals surface area contributed by atoms with Crippen LogP contribution >= 0.6 is 0 Å². The Labute approximate surface area is 209 Å². The molecule has 1 saturated carbocycles. The van der Waals surface area contributed by atoms with E-state index in [-0.39, 0.29) is 24.3 Å². The van der Waals surface area contributed by atoms with Crippen LogP contribution in [0.3, 0.4) is 0 Å². The third-order valence-electron chi connectivity index (χ3n) is 6.90. The van der Waals surface area contributed by atoms with Crippen LogP contribution < -0.4 is 10.6 Å². The summed E-state index contributed by atoms with van der Waals surface area (Å²) in [5.74, 6) is -1.14. The van der Waals surface area contributed by atoms with Crippen molar-refractivity contribution in [1.82, 2.24) is 15.5 Å². The number of nitrogens with zero attached hydrogens (tertiary/aromatic N) is 1. The summed E-state index contributed by atoms with van der Waals surface area (Å²) in [4.78, 5) is 27.4. The van der Waals surface area contributed by atoms with E-state index in [2.05, 4.69) is 15.5 Å². The van der Waals surface area contributed by atoms with E-state index in [0.29, 0.717) is 19.2 Å². The van der Waals surface area contributed by atoms with Crippen molar-refractivity contribution in [2.75, 3.05) is 19.6 Å². The average molecular weight is 504 g/mol. The molecule has 1 aliphatic carbocycles. The molecule has 2 atom stereocenters. The second kappa shape index (κ2) is 11.9. The van der Waals surface area contributed by atoms with Crippen LogP contribution in [-0.4, -0.2) is 54.5 Å². The Bertz CT molecular complexity index is 1030. The minimum absolute atomic E-state index is 0.147. The Balaban J connectivity index is 1.34. The van der Waals surface area contributed by atoms with Crippen LogP contribution in [0.2, 0.25) is 0 Å². The maximum Gasteiger partial charge on any atom is 0.416 e. The second-order valence-electron chi connectivity index (χ2n) is 9.52. The van der Waals surface area contributed by atoms with Gasteiger partial charge in [-0.15, -0.1) is 0 Å². The molecular weight excluding hydrogens is 471 g/mol. The van der Waals surface area contributed by atoms with Crippen molar-refractivity contribution in [3.8, 4) is 0 Å². The summed E-state index contributed by atoms with van der Waals surface area (Å²) in [6, 6.07) is 14.2. The van der Waals surface area contributed by atoms with Crippen LogP contribution in [0, 0.1) is 0 Å². The zero-order chi connectivity index (χ0) is 25.5. The van der Waals surface area contributed by atoms with E-state index in [1.807, 2.05) is 30.3 Å². The van der Waals surface area contributed by atoms with Gasteiger partial charge < -0.3 is 15.4 Å². The SMILES string of the molecule is O=C(CNC(=O)c1cccc(C(F)(F)F)c1)NC1CN(C2CCCCC2)CC1OCc1ccccc1. The molecule has 2 fully saturated rings. The molecule has 1 heterocycles. The predicted octanol–water partition coefficient (Wildman–Crippen LogP) is 4.15. The van der Waals surface area contributed by atoms with Crippen molar-refractivity contribution in [3.63, 3.8) is 0 Å². The number of amides is 2. The Morgan fingerprint density at radius 1 is 0.972 bits per heavy atom. The van der Waals surface area contributed by atoms with Gasteiger partial charge in [0.15, 0.2) is 0 Å². The molecule has 36 heavy (non-hydrogen) atoms. The molecule has 2 unspecified atom stereocenters. The third-order valence-corrected chi connectivity index (χ3v) is 6.90. The number of ether oxygens (including phenoxy) is 1. The van der Waals surface area contributed by atoms with Crippen molar-refractivity contribution in [2.45, 2.75) is 63.1 Å². The van der Waals surface area contributed by atoms with E-state index < -0.39 is 23.6 Å². The molecular formula is C27H32F3N3O3. The van der Waals surface area contributed by atoms with Crippen LogP contribution in [0.4, 0.5) is 13.2 Å². The number of hydrogen-bond donors (Lipinski definition) is 2. The molecule has 6 nitrogen and oxygen atoms in total. The molecule has 2 N–H and O–H groups in total. The average Bonchev–Trinajstić information content (AvgIpc) is 3.29. The van der Waals surface area contributed by atoms with Crippen LogP contribution in [0.25, 0.3) is 0 Å². The molecule has 0 radical (unpaired) electrons. The van der Waals surface area contributed by atoms with Gasteiger partial charge in [-0.25, -0.2) is 0 Å². The number of likely N-dealkylation sites (tertiary alicyclic amines) is 1. The van der Waals surface area contributed by atoms with E-state index in [9.17, 15) is 22.8 Å². The predicted molar refractivity (Wildman–Crippen MR) is 129 cm³/mol. The lowest BCUT2D eigenvalue weighted by Gasteiger charge is -2.30. The van der Waals surface area contributed by atoms with Gasteiger partial charge >= 0.3 is 6.18 Å². The maximum absolute atomic E-state index is 12.9. The van der Waals surface area contributed by atoms with Crippen molar-refractivity contribution in [2.24, 2.45) is 0 Å². The number of halogens is 3. The Morgan fingerprint density at radius 3 is 2.44 bits per heavy atom. The maximum atomic E-state index is 12.9. The number of hydrogen-bond acceptors (Lipinski definition) is 4. The second-order valence-corrected chi connectivity index (χ2v) is 9.52. The van der Waals surface area contributed by atoms with Gasteiger partial charge in [0.05, 0.1) is 30.9 Å². The Morgan fingerprint density at radius 2 is 1.72 bits per heavy atom. The molecule has 0 aromatic heterocycles. The lowest BCUT2D eigenvalue weighted by molar-refractivity contribution is -0.137. The highest BCUT2D eigenvalue weighted by atomic mass is 19.4. The quantitative estimate of drug-likeness (QED) is 0.568. The molecule has 9 heteroatoms. The molecule has 1 saturated heterocycles. The number of nitrogens with one attached hydrogen (secondary N) is 2. The van der Waals surface area contributed by atoms with E-state index in [0.717, 1.165) is 37.1 Å². The lowest BCUT2D eigenvalue weighted by atomic mass is 9.94. The van der Waals surface area contributed by atoms with Crippen molar-refractivity contribution >= 4 is 11.8 Å². The summed E-state index contributed by atoms with van der Waals surface area (Å²) < 4.78 is 45.0. The fraction of sp³-hybridized carbons (Fsp3) is 0.481. The fourth-order valence-electron chi connectivity index (χ4n) is 4.99. The normalized spacial score (nSPS) is 21.3. The first kappa shape index (κ1) is 26.2. The highest BCUT2D eigenvalue weighted by molar-refractivity contribution is 5.96. The summed E-state index contributed by atoms with van der Waals surface area (Å²) in [6.07, 6.45) is 1.19. The van der Waals surface area contributed by atoms with E-state index in [4.69, 9.17) is 4.74 Å². The molecule has 2 aliphatic rings. The number of benzene rings is 2. The number of carbonyl (C=O) groups excluding carboxylic acids is 2. The van der Waals surface area contributed by atoms with Crippen molar-refractivity contribution < 1.29 is 27.5 Å². The standard InChI is InChI=1S/C27H32F3N3O3/c28-27(29,30)21-11-7-10-20(14-21)26(35)31-15-25(34)32-23-16-33(22-12-5-2-6-13-22)17-24(23)36-18-19-8-3-1-4-9-19/h1,3-4,7-11,14,22-24H,2,5-6,12-13,15-18H2,(H,31,35)(H,32,34). The van der Waals surface area contributed by atoms with Gasteiger partial charge in [0.25, 0.3) is 5.91 Å². The molecule has 0 spiro atoms. The van der Waals surface area contributed by atoms with Gasteiger partial charge in [-0.1, -0.05) is 55.7 Å². The van der Waals surface area contributed by atoms with E-state index in [1.54, 1.807) is 0 Å². The van der Waals surface area contributed by atoms with Crippen molar-refractivity contribution in [1.29, 1.82) is 0 Å². The first-order valence-electron chi connectivity index (χ1n) is 12.4. The largest absolute Gasteiger partial charge is 0.416 e. The summed E-state index contributed by atoms with van der Waals surface area (Å²) >= 11 is 0. The summed E-state index contributed by atoms with van der Waals surface area (Å²) in [5.41, 5.74) is -0.00940. The molecule has 2 aromatic rings. The van der Waals surface area contributed by atoms with Gasteiger partial charge in [0.1, 0.15) is 0 Å². The van der Waals surface area contributed by atoms with Gasteiger partial charge in [-0.3, -0.25) is 14.5 Å². The third kappa shape index (κ3) is 7.07. The molecule has 2 amide bonds. The Hall–Kier alpha value is -2.91. The smallest absolute Gasteiger partial charge is 0.370 e. The molecule has 2 aromatic carbocycles. The van der Waals surface area contributed by atoms with E-state index in [1.165, 1.54) is 31.4 Å². The minimum atomic E-state index is -4.55. The monoisotopic (exact) mass is 503 g/mol. The Kier molecular flexibility index (Phi) is 8.64. The topological polar surface area (TPSA) is 70.7 Å². The van der Waals surface area contributed by atoms with Crippen LogP contribution in [0.1, 0.15) is 53.6 Å². The van der Waals surface area contributed by atoms with Gasteiger partial charge in [0.2, 0.25) is 5.91 Å². The summed E-state index contributed by atoms with van der Waals surface area (Å²) in [6.45, 7) is 1.49. The first-order valence-corrected chi connectivity index (χ1v) is 12.4. The zero-order valence-corrected chi connectivity index (χ0v) is 20.1. The van der Waals surface area contributed by atoms with Crippen LogP contribution in [0.5, 0.6) is 0 Å². The lowest BCUT2D eigenvalue weighted by Crippen LogP contribution is -2.47. The number of carbonyl (C=O) groups is 2. The number of alkyl halides is 3. The van der Waals surface area contributed by atoms with Gasteiger partial charge in [-0.05, 0) is 36.6 Å². The highest BCUT2D eigenvalue weighted by Crippen LogP contribution is 2.30. The highest BCUT2D eigenvalue weighted by Gasteiger charge is 2.38. The molecule has 1 aliphatic heterocycles. The van der Waals surface area contributed by atoms with Crippen molar-refractivity contribution in [3.05, 3.63) is 71.3 Å². The van der Waals surface area contributed by atoms with Crippen LogP contribution in [0.15, 0.2) is 54.6 Å². The van der Waals surface area contributed by atoms with E-state index >= 15 is 0 Å². The fourth-order valence-corrected chi connectivity index (χ4v) is 4.99. The first-order chi connectivity index (χ1) is 17.3. The van der Waals surface area contributed by atoms with Gasteiger partial charge in [0, 0.05) is 24.7 Å². The molecule has 4 rings (SSSR count). The number of rotatable bonds is 8. The zero-order valence-electron chi connectivity index (χ0n) is 20.1. The van der Waals surface area contributed by atoms with Crippen LogP contribution in [-0.2, 0) is 22.3 Å². The van der Waals surface area contributed by atoms with Gasteiger partial charge in [-0.2, -0.15) is 13.2 Å². The summed E-state index contributed by atoms with van der Waals surface area (Å²) in [5, 5.41) is 5.40. The minimum Gasteiger partial charge on any atom is -0.370 e. The summed E-state index contributed by atoms with van der Waals surface area (Å²) in [7, 11) is 0. The molecule has 194 valence electrons.